The zero-order valence-electron chi connectivity index (χ0n) is 16.0. The molecule has 0 spiro atoms. The van der Waals surface area contributed by atoms with Gasteiger partial charge in [0, 0.05) is 18.0 Å². The molecule has 6 heteroatoms. The van der Waals surface area contributed by atoms with Crippen LogP contribution in [0.2, 0.25) is 0 Å². The molecular formula is C22H25N3O2S. The Hall–Kier alpha value is -2.44. The van der Waals surface area contributed by atoms with Gasteiger partial charge in [-0.2, -0.15) is 0 Å². The van der Waals surface area contributed by atoms with Crippen LogP contribution in [0, 0.1) is 0 Å². The topological polar surface area (TPSA) is 75.4 Å². The zero-order chi connectivity index (χ0) is 19.7. The Bertz CT molecular complexity index is 933. The summed E-state index contributed by atoms with van der Waals surface area (Å²) in [7, 11) is 0. The first kappa shape index (κ1) is 18.9. The Morgan fingerprint density at radius 2 is 1.96 bits per heavy atom. The number of nitrogens with zero attached hydrogens (tertiary/aromatic N) is 1. The molecule has 2 aromatic rings. The van der Waals surface area contributed by atoms with Gasteiger partial charge in [0.25, 0.3) is 5.91 Å². The van der Waals surface area contributed by atoms with Gasteiger partial charge in [-0.3, -0.25) is 14.5 Å². The molecule has 2 amide bonds. The second-order valence-corrected chi connectivity index (χ2v) is 8.54. The molecule has 0 saturated carbocycles. The summed E-state index contributed by atoms with van der Waals surface area (Å²) in [5.74, 6) is -0.533. The predicted octanol–water partition coefficient (Wildman–Crippen LogP) is 3.45. The van der Waals surface area contributed by atoms with Crippen LogP contribution in [0.4, 0.5) is 5.00 Å². The average Bonchev–Trinajstić information content (AvgIpc) is 3.28. The van der Waals surface area contributed by atoms with Gasteiger partial charge in [0.05, 0.1) is 11.6 Å². The first-order valence-electron chi connectivity index (χ1n) is 9.78. The third-order valence-electron chi connectivity index (χ3n) is 5.72. The number of fused-ring (bicyclic) bond motifs is 1. The van der Waals surface area contributed by atoms with Gasteiger partial charge < -0.3 is 11.1 Å². The van der Waals surface area contributed by atoms with Gasteiger partial charge >= 0.3 is 0 Å². The lowest BCUT2D eigenvalue weighted by atomic mass is 9.99. The molecule has 0 bridgehead atoms. The number of anilines is 1. The highest BCUT2D eigenvalue weighted by atomic mass is 32.1. The first-order valence-corrected chi connectivity index (χ1v) is 10.6. The van der Waals surface area contributed by atoms with Crippen molar-refractivity contribution in [3.8, 4) is 0 Å². The Labute approximate surface area is 169 Å². The molecule has 5 nitrogen and oxygen atoms in total. The first-order chi connectivity index (χ1) is 13.5. The zero-order valence-corrected chi connectivity index (χ0v) is 16.8. The van der Waals surface area contributed by atoms with E-state index in [1.165, 1.54) is 27.4 Å². The lowest BCUT2D eigenvalue weighted by molar-refractivity contribution is -0.120. The van der Waals surface area contributed by atoms with Crippen LogP contribution < -0.4 is 11.1 Å². The second kappa shape index (κ2) is 7.89. The van der Waals surface area contributed by atoms with Gasteiger partial charge in [0.15, 0.2) is 0 Å². The van der Waals surface area contributed by atoms with Crippen molar-refractivity contribution < 1.29 is 9.59 Å². The number of rotatable bonds is 5. The number of amides is 2. The number of thiophene rings is 1. The number of nitrogens with two attached hydrogens (primary N) is 1. The summed E-state index contributed by atoms with van der Waals surface area (Å²) >= 11 is 1.50. The van der Waals surface area contributed by atoms with Crippen LogP contribution in [0.25, 0.3) is 5.57 Å². The number of carbonyl (C=O) groups excluding carboxylic acids is 2. The fourth-order valence-corrected chi connectivity index (χ4v) is 5.38. The maximum atomic E-state index is 12.8. The molecular weight excluding hydrogens is 370 g/mol. The van der Waals surface area contributed by atoms with Crippen LogP contribution in [0.3, 0.4) is 0 Å². The molecule has 0 fully saturated rings. The van der Waals surface area contributed by atoms with Crippen molar-refractivity contribution in [3.05, 3.63) is 58.0 Å². The Morgan fingerprint density at radius 1 is 1.18 bits per heavy atom. The summed E-state index contributed by atoms with van der Waals surface area (Å²) in [5.41, 5.74) is 9.73. The summed E-state index contributed by atoms with van der Waals surface area (Å²) in [5, 5.41) is 3.59. The number of primary amides is 1. The lowest BCUT2D eigenvalue weighted by Gasteiger charge is -2.31. The smallest absolute Gasteiger partial charge is 0.251 e. The molecule has 28 heavy (non-hydrogen) atoms. The predicted molar refractivity (Wildman–Crippen MR) is 114 cm³/mol. The number of carbonyl (C=O) groups is 2. The van der Waals surface area contributed by atoms with E-state index in [2.05, 4.69) is 28.4 Å². The van der Waals surface area contributed by atoms with E-state index in [1.54, 1.807) is 0 Å². The minimum Gasteiger partial charge on any atom is -0.365 e. The van der Waals surface area contributed by atoms with E-state index in [9.17, 15) is 9.59 Å². The van der Waals surface area contributed by atoms with Crippen molar-refractivity contribution >= 4 is 33.7 Å². The molecule has 0 unspecified atom stereocenters. The normalized spacial score (nSPS) is 17.7. The minimum atomic E-state index is -0.448. The van der Waals surface area contributed by atoms with Crippen molar-refractivity contribution in [2.45, 2.75) is 38.6 Å². The van der Waals surface area contributed by atoms with Crippen LogP contribution in [-0.2, 0) is 17.6 Å². The molecule has 2 aliphatic rings. The number of hydrogen-bond acceptors (Lipinski definition) is 4. The van der Waals surface area contributed by atoms with Gasteiger partial charge in [-0.05, 0) is 49.3 Å². The molecule has 4 rings (SSSR count). The van der Waals surface area contributed by atoms with Crippen LogP contribution >= 0.6 is 11.3 Å². The van der Waals surface area contributed by atoms with Crippen LogP contribution in [0.1, 0.15) is 46.1 Å². The highest BCUT2D eigenvalue weighted by Gasteiger charge is 2.29. The highest BCUT2D eigenvalue weighted by Crippen LogP contribution is 2.39. The molecule has 0 saturated heterocycles. The van der Waals surface area contributed by atoms with Gasteiger partial charge in [-0.25, -0.2) is 0 Å². The molecule has 1 aromatic carbocycles. The van der Waals surface area contributed by atoms with E-state index in [4.69, 9.17) is 5.73 Å². The monoisotopic (exact) mass is 395 g/mol. The molecule has 1 aliphatic heterocycles. The van der Waals surface area contributed by atoms with E-state index >= 15 is 0 Å². The Kier molecular flexibility index (Phi) is 5.33. The van der Waals surface area contributed by atoms with Crippen molar-refractivity contribution in [1.82, 2.24) is 4.90 Å². The maximum Gasteiger partial charge on any atom is 0.251 e. The van der Waals surface area contributed by atoms with Crippen molar-refractivity contribution in [1.29, 1.82) is 0 Å². The minimum absolute atomic E-state index is 0.0843. The standard InChI is InChI=1S/C22H25N3O2S/c1-14(25-12-10-16(11-13-25)15-6-3-2-4-7-15)21(27)24-22-19(20(23)26)17-8-5-9-18(17)28-22/h2-4,6-7,10,14H,5,8-9,11-13H2,1H3,(H2,23,26)(H,24,27)/t14-/m0/s1. The number of nitrogens with one attached hydrogen (secondary N) is 1. The van der Waals surface area contributed by atoms with Crippen molar-refractivity contribution in [2.75, 3.05) is 18.4 Å². The number of hydrogen-bond donors (Lipinski definition) is 2. The summed E-state index contributed by atoms with van der Waals surface area (Å²) in [6.07, 6.45) is 6.01. The van der Waals surface area contributed by atoms with Crippen molar-refractivity contribution in [2.24, 2.45) is 5.73 Å². The fraction of sp³-hybridized carbons (Fsp3) is 0.364. The fourth-order valence-electron chi connectivity index (χ4n) is 4.09. The third-order valence-corrected chi connectivity index (χ3v) is 6.92. The maximum absolute atomic E-state index is 12.8. The van der Waals surface area contributed by atoms with E-state index in [0.717, 1.165) is 44.3 Å². The lowest BCUT2D eigenvalue weighted by Crippen LogP contribution is -2.44. The molecule has 2 heterocycles. The number of benzene rings is 1. The largest absolute Gasteiger partial charge is 0.365 e. The molecule has 3 N–H and O–H groups in total. The van der Waals surface area contributed by atoms with Crippen LogP contribution in [0.15, 0.2) is 36.4 Å². The SMILES string of the molecule is C[C@@H](C(=O)Nc1sc2c(c1C(N)=O)CCC2)N1CC=C(c2ccccc2)CC1. The van der Waals surface area contributed by atoms with Gasteiger partial charge in [-0.15, -0.1) is 11.3 Å². The molecule has 146 valence electrons. The molecule has 1 atom stereocenters. The molecule has 0 radical (unpaired) electrons. The van der Waals surface area contributed by atoms with Crippen LogP contribution in [-0.4, -0.2) is 35.8 Å². The average molecular weight is 396 g/mol. The van der Waals surface area contributed by atoms with Gasteiger partial charge in [0.1, 0.15) is 5.00 Å². The summed E-state index contributed by atoms with van der Waals surface area (Å²) in [6, 6.07) is 10.1. The van der Waals surface area contributed by atoms with Gasteiger partial charge in [0.2, 0.25) is 5.91 Å². The summed E-state index contributed by atoms with van der Waals surface area (Å²) < 4.78 is 0. The Morgan fingerprint density at radius 3 is 2.64 bits per heavy atom. The quantitative estimate of drug-likeness (QED) is 0.814. The van der Waals surface area contributed by atoms with Crippen molar-refractivity contribution in [3.63, 3.8) is 0 Å². The molecule has 1 aromatic heterocycles. The number of aryl methyl sites for hydroxylation is 1. The highest BCUT2D eigenvalue weighted by molar-refractivity contribution is 7.17. The van der Waals surface area contributed by atoms with Gasteiger partial charge in [-0.1, -0.05) is 36.4 Å². The van der Waals surface area contributed by atoms with Crippen LogP contribution in [0.5, 0.6) is 0 Å². The Balaban J connectivity index is 1.44. The third kappa shape index (κ3) is 3.62. The van der Waals surface area contributed by atoms with E-state index in [-0.39, 0.29) is 11.9 Å². The summed E-state index contributed by atoms with van der Waals surface area (Å²) in [6.45, 7) is 3.49. The summed E-state index contributed by atoms with van der Waals surface area (Å²) in [4.78, 5) is 28.1. The van der Waals surface area contributed by atoms with E-state index in [0.29, 0.717) is 10.6 Å². The second-order valence-electron chi connectivity index (χ2n) is 7.43. The molecule has 1 aliphatic carbocycles. The van der Waals surface area contributed by atoms with E-state index in [1.807, 2.05) is 25.1 Å². The van der Waals surface area contributed by atoms with E-state index < -0.39 is 5.91 Å².